The molecule has 6 rings (SSSR count). The Labute approximate surface area is 145 Å². The topological polar surface area (TPSA) is 74.6 Å². The molecule has 136 valence electrons. The molecule has 24 heavy (non-hydrogen) atoms. The van der Waals surface area contributed by atoms with Crippen LogP contribution in [-0.2, 0) is 9.59 Å². The summed E-state index contributed by atoms with van der Waals surface area (Å²) in [6.45, 7) is 13.3. The van der Waals surface area contributed by atoms with Crippen molar-refractivity contribution in [2.75, 3.05) is 0 Å². The summed E-state index contributed by atoms with van der Waals surface area (Å²) in [5.41, 5.74) is 0.728. The van der Waals surface area contributed by atoms with Crippen LogP contribution in [-0.4, -0.2) is 22.2 Å². The zero-order chi connectivity index (χ0) is 18.4. The Morgan fingerprint density at radius 3 is 0.958 bits per heavy atom. The number of rotatable bonds is 2. The van der Waals surface area contributed by atoms with Gasteiger partial charge in [-0.2, -0.15) is 0 Å². The zero-order valence-electron chi connectivity index (χ0n) is 16.0. The number of carboxylic acids is 2. The molecule has 6 aliphatic carbocycles. The molecule has 0 aromatic rings. The molecule has 6 aliphatic rings. The monoisotopic (exact) mass is 336 g/mol. The van der Waals surface area contributed by atoms with Crippen LogP contribution in [0.2, 0.25) is 0 Å². The van der Waals surface area contributed by atoms with Crippen LogP contribution < -0.4 is 0 Å². The molecule has 0 unspecified atom stereocenters. The normalized spacial score (nSPS) is 44.6. The maximum atomic E-state index is 10.8. The molecule has 0 amide bonds. The summed E-state index contributed by atoms with van der Waals surface area (Å²) in [4.78, 5) is 21.6. The van der Waals surface area contributed by atoms with Gasteiger partial charge in [0.25, 0.3) is 0 Å². The molecule has 6 fully saturated rings. The van der Waals surface area contributed by atoms with E-state index in [4.69, 9.17) is 10.2 Å². The summed E-state index contributed by atoms with van der Waals surface area (Å²) in [6.07, 6.45) is 5.49. The van der Waals surface area contributed by atoms with Crippen LogP contribution in [0.15, 0.2) is 0 Å². The van der Waals surface area contributed by atoms with E-state index in [2.05, 4.69) is 41.5 Å². The van der Waals surface area contributed by atoms with Crippen molar-refractivity contribution in [1.29, 1.82) is 0 Å². The molecule has 4 nitrogen and oxygen atoms in total. The molecule has 0 aliphatic heterocycles. The van der Waals surface area contributed by atoms with E-state index in [1.807, 2.05) is 0 Å². The number of hydrogen-bond donors (Lipinski definition) is 2. The highest BCUT2D eigenvalue weighted by Crippen LogP contribution is 2.79. The second-order valence-electron chi connectivity index (χ2n) is 11.3. The smallest absolute Gasteiger partial charge is 0.309 e. The van der Waals surface area contributed by atoms with Gasteiger partial charge in [-0.3, -0.25) is 9.59 Å². The Bertz CT molecular complexity index is 509. The predicted octanol–water partition coefficient (Wildman–Crippen LogP) is 4.57. The van der Waals surface area contributed by atoms with E-state index in [-0.39, 0.29) is 10.8 Å². The molecular weight excluding hydrogens is 304 g/mol. The first-order chi connectivity index (χ1) is 10.6. The van der Waals surface area contributed by atoms with Gasteiger partial charge in [0.2, 0.25) is 0 Å². The SMILES string of the molecule is CC(C)(C)C12CC(C(=O)O)(C1)C2.CC(C)(C)C12CC(C(=O)O)(C1)C2. The third kappa shape index (κ3) is 1.97. The van der Waals surface area contributed by atoms with E-state index in [9.17, 15) is 9.59 Å². The van der Waals surface area contributed by atoms with Gasteiger partial charge in [-0.1, -0.05) is 41.5 Å². The minimum atomic E-state index is -0.575. The Balaban J connectivity index is 0.000000141. The molecule has 0 spiro atoms. The van der Waals surface area contributed by atoms with Crippen LogP contribution in [0.3, 0.4) is 0 Å². The minimum absolute atomic E-state index is 0.296. The first-order valence-electron chi connectivity index (χ1n) is 9.10. The Kier molecular flexibility index (Phi) is 3.23. The van der Waals surface area contributed by atoms with Crippen molar-refractivity contribution in [2.45, 2.75) is 80.1 Å². The van der Waals surface area contributed by atoms with Gasteiger partial charge in [-0.05, 0) is 60.2 Å². The lowest BCUT2D eigenvalue weighted by Gasteiger charge is -2.73. The highest BCUT2D eigenvalue weighted by atomic mass is 16.4. The minimum Gasteiger partial charge on any atom is -0.481 e. The van der Waals surface area contributed by atoms with Crippen molar-refractivity contribution < 1.29 is 19.8 Å². The van der Waals surface area contributed by atoms with Gasteiger partial charge < -0.3 is 10.2 Å². The molecule has 0 atom stereocenters. The van der Waals surface area contributed by atoms with Crippen LogP contribution in [0.5, 0.6) is 0 Å². The standard InChI is InChI=1S/2C10H16O2/c2*1-8(2,3)10-4-9(5-10,6-10)7(11)12/h2*4-6H2,1-3H3,(H,11,12). The van der Waals surface area contributed by atoms with E-state index in [1.165, 1.54) is 0 Å². The largest absolute Gasteiger partial charge is 0.481 e. The fourth-order valence-corrected chi connectivity index (χ4v) is 5.62. The lowest BCUT2D eigenvalue weighted by molar-refractivity contribution is -0.259. The second kappa shape index (κ2) is 4.37. The predicted molar refractivity (Wildman–Crippen MR) is 91.6 cm³/mol. The molecular formula is C20H32O4. The molecule has 4 bridgehead atoms. The van der Waals surface area contributed by atoms with E-state index in [0.717, 1.165) is 38.5 Å². The molecule has 0 aromatic heterocycles. The fraction of sp³-hybridized carbons (Fsp3) is 0.900. The van der Waals surface area contributed by atoms with Crippen LogP contribution in [0.1, 0.15) is 80.1 Å². The lowest BCUT2D eigenvalue weighted by atomic mass is 9.29. The summed E-state index contributed by atoms with van der Waals surface area (Å²) < 4.78 is 0. The van der Waals surface area contributed by atoms with Crippen molar-refractivity contribution in [3.8, 4) is 0 Å². The molecule has 0 radical (unpaired) electrons. The first kappa shape index (κ1) is 17.8. The maximum absolute atomic E-state index is 10.8. The maximum Gasteiger partial charge on any atom is 0.309 e. The van der Waals surface area contributed by atoms with E-state index >= 15 is 0 Å². The van der Waals surface area contributed by atoms with E-state index in [1.54, 1.807) is 0 Å². The number of carbonyl (C=O) groups is 2. The van der Waals surface area contributed by atoms with Crippen LogP contribution in [0, 0.1) is 32.5 Å². The lowest BCUT2D eigenvalue weighted by Crippen LogP contribution is -2.69. The van der Waals surface area contributed by atoms with Crippen LogP contribution >= 0.6 is 0 Å². The summed E-state index contributed by atoms with van der Waals surface area (Å²) in [5.74, 6) is -1.15. The molecule has 6 saturated carbocycles. The highest BCUT2D eigenvalue weighted by Gasteiger charge is 2.75. The summed E-state index contributed by atoms with van der Waals surface area (Å²) in [7, 11) is 0. The van der Waals surface area contributed by atoms with Crippen molar-refractivity contribution >= 4 is 11.9 Å². The van der Waals surface area contributed by atoms with Crippen LogP contribution in [0.25, 0.3) is 0 Å². The molecule has 0 saturated heterocycles. The van der Waals surface area contributed by atoms with Gasteiger partial charge >= 0.3 is 11.9 Å². The molecule has 2 N–H and O–H groups in total. The Hall–Kier alpha value is -1.06. The number of aliphatic carboxylic acids is 2. The van der Waals surface area contributed by atoms with Crippen LogP contribution in [0.4, 0.5) is 0 Å². The van der Waals surface area contributed by atoms with E-state index < -0.39 is 11.9 Å². The summed E-state index contributed by atoms with van der Waals surface area (Å²) >= 11 is 0. The first-order valence-corrected chi connectivity index (χ1v) is 9.10. The van der Waals surface area contributed by atoms with Gasteiger partial charge in [-0.15, -0.1) is 0 Å². The number of hydrogen-bond acceptors (Lipinski definition) is 2. The average Bonchev–Trinajstić information content (AvgIpc) is 1.99. The Morgan fingerprint density at radius 1 is 0.625 bits per heavy atom. The third-order valence-electron chi connectivity index (χ3n) is 8.15. The van der Waals surface area contributed by atoms with E-state index in [0.29, 0.717) is 21.7 Å². The van der Waals surface area contributed by atoms with Crippen molar-refractivity contribution in [3.05, 3.63) is 0 Å². The fourth-order valence-electron chi connectivity index (χ4n) is 5.62. The average molecular weight is 336 g/mol. The van der Waals surface area contributed by atoms with Gasteiger partial charge in [0.15, 0.2) is 0 Å². The quantitative estimate of drug-likeness (QED) is 0.774. The molecule has 4 heteroatoms. The zero-order valence-corrected chi connectivity index (χ0v) is 16.0. The highest BCUT2D eigenvalue weighted by molar-refractivity contribution is 5.80. The molecule has 0 heterocycles. The Morgan fingerprint density at radius 2 is 0.833 bits per heavy atom. The van der Waals surface area contributed by atoms with Crippen molar-refractivity contribution in [1.82, 2.24) is 0 Å². The van der Waals surface area contributed by atoms with Gasteiger partial charge in [-0.25, -0.2) is 0 Å². The summed E-state index contributed by atoms with van der Waals surface area (Å²) in [6, 6.07) is 0. The second-order valence-corrected chi connectivity index (χ2v) is 11.3. The van der Waals surface area contributed by atoms with Gasteiger partial charge in [0.1, 0.15) is 0 Å². The van der Waals surface area contributed by atoms with Crippen molar-refractivity contribution in [2.24, 2.45) is 32.5 Å². The number of carboxylic acid groups (broad SMARTS) is 2. The summed E-state index contributed by atoms with van der Waals surface area (Å²) in [5, 5.41) is 17.8. The molecule has 0 aromatic carbocycles. The van der Waals surface area contributed by atoms with Gasteiger partial charge in [0.05, 0.1) is 10.8 Å². The third-order valence-corrected chi connectivity index (χ3v) is 8.15. The van der Waals surface area contributed by atoms with Crippen molar-refractivity contribution in [3.63, 3.8) is 0 Å². The van der Waals surface area contributed by atoms with Gasteiger partial charge in [0, 0.05) is 0 Å².